The molecule has 0 aliphatic carbocycles. The summed E-state index contributed by atoms with van der Waals surface area (Å²) < 4.78 is 1.68. The van der Waals surface area contributed by atoms with Gasteiger partial charge in [0.2, 0.25) is 0 Å². The van der Waals surface area contributed by atoms with E-state index in [2.05, 4.69) is 24.3 Å². The lowest BCUT2D eigenvalue weighted by atomic mass is 10.0. The number of nitrogens with one attached hydrogen (secondary N) is 1. The van der Waals surface area contributed by atoms with Gasteiger partial charge in [-0.3, -0.25) is 14.8 Å². The fourth-order valence-corrected chi connectivity index (χ4v) is 2.60. The molecule has 0 fully saturated rings. The van der Waals surface area contributed by atoms with Gasteiger partial charge in [-0.2, -0.15) is 5.10 Å². The number of hydrogen-bond donors (Lipinski definition) is 1. The molecule has 0 amide bonds. The Morgan fingerprint density at radius 2 is 2.05 bits per heavy atom. The van der Waals surface area contributed by atoms with Crippen molar-refractivity contribution < 1.29 is 4.92 Å². The minimum atomic E-state index is -0.276. The van der Waals surface area contributed by atoms with E-state index < -0.39 is 0 Å². The molecule has 1 unspecified atom stereocenters. The molecular formula is C14H26N4O2. The minimum Gasteiger partial charge on any atom is -0.314 e. The van der Waals surface area contributed by atoms with Crippen LogP contribution in [0, 0.1) is 10.1 Å². The van der Waals surface area contributed by atoms with Gasteiger partial charge >= 0.3 is 5.69 Å². The molecular weight excluding hydrogens is 256 g/mol. The second kappa shape index (κ2) is 7.99. The second-order valence-corrected chi connectivity index (χ2v) is 5.12. The monoisotopic (exact) mass is 282 g/mol. The van der Waals surface area contributed by atoms with Crippen LogP contribution < -0.4 is 5.32 Å². The van der Waals surface area contributed by atoms with Gasteiger partial charge in [-0.05, 0) is 19.4 Å². The summed E-state index contributed by atoms with van der Waals surface area (Å²) in [6.45, 7) is 7.07. The third-order valence-electron chi connectivity index (χ3n) is 3.45. The molecule has 1 aromatic rings. The van der Waals surface area contributed by atoms with Gasteiger partial charge in [-0.25, -0.2) is 0 Å². The van der Waals surface area contributed by atoms with Crippen LogP contribution in [0.1, 0.15) is 51.4 Å². The van der Waals surface area contributed by atoms with Crippen LogP contribution in [0.4, 0.5) is 5.69 Å². The number of aromatic nitrogens is 2. The number of nitrogens with zero attached hydrogens (tertiary/aromatic N) is 3. The lowest BCUT2D eigenvalue weighted by Crippen LogP contribution is -2.31. The molecule has 0 aliphatic heterocycles. The smallest absolute Gasteiger partial charge is 0.313 e. The first-order valence-corrected chi connectivity index (χ1v) is 7.47. The maximum absolute atomic E-state index is 11.4. The molecule has 0 bridgehead atoms. The lowest BCUT2D eigenvalue weighted by molar-refractivity contribution is -0.386. The normalized spacial score (nSPS) is 12.6. The van der Waals surface area contributed by atoms with E-state index >= 15 is 0 Å². The zero-order valence-electron chi connectivity index (χ0n) is 13.0. The largest absolute Gasteiger partial charge is 0.314 e. The number of aryl methyl sites for hydroxylation is 2. The average Bonchev–Trinajstić information content (AvgIpc) is 2.67. The minimum absolute atomic E-state index is 0.216. The van der Waals surface area contributed by atoms with Gasteiger partial charge in [0.1, 0.15) is 11.4 Å². The molecule has 0 aromatic carbocycles. The Labute approximate surface area is 120 Å². The summed E-state index contributed by atoms with van der Waals surface area (Å²) >= 11 is 0. The van der Waals surface area contributed by atoms with E-state index in [1.54, 1.807) is 11.7 Å². The first-order valence-electron chi connectivity index (χ1n) is 7.47. The molecule has 1 rings (SSSR count). The second-order valence-electron chi connectivity index (χ2n) is 5.12. The molecule has 1 N–H and O–H groups in total. The Balaban J connectivity index is 3.05. The molecule has 20 heavy (non-hydrogen) atoms. The van der Waals surface area contributed by atoms with Crippen LogP contribution in [0.25, 0.3) is 0 Å². The highest BCUT2D eigenvalue weighted by atomic mass is 16.6. The van der Waals surface area contributed by atoms with Crippen LogP contribution in [0.2, 0.25) is 0 Å². The highest BCUT2D eigenvalue weighted by molar-refractivity contribution is 5.42. The van der Waals surface area contributed by atoms with Crippen molar-refractivity contribution in [1.29, 1.82) is 0 Å². The Morgan fingerprint density at radius 3 is 2.55 bits per heavy atom. The van der Waals surface area contributed by atoms with Gasteiger partial charge < -0.3 is 5.32 Å². The highest BCUT2D eigenvalue weighted by Crippen LogP contribution is 2.26. The molecule has 114 valence electrons. The van der Waals surface area contributed by atoms with Crippen molar-refractivity contribution in [2.24, 2.45) is 7.05 Å². The van der Waals surface area contributed by atoms with Gasteiger partial charge in [0.05, 0.1) is 4.92 Å². The number of hydrogen-bond acceptors (Lipinski definition) is 4. The summed E-state index contributed by atoms with van der Waals surface area (Å²) in [7, 11) is 1.80. The van der Waals surface area contributed by atoms with Gasteiger partial charge in [0.15, 0.2) is 0 Å². The molecule has 6 nitrogen and oxygen atoms in total. The van der Waals surface area contributed by atoms with Gasteiger partial charge in [-0.1, -0.05) is 33.6 Å². The fourth-order valence-electron chi connectivity index (χ4n) is 2.60. The maximum atomic E-state index is 11.4. The first kappa shape index (κ1) is 16.6. The first-order chi connectivity index (χ1) is 9.54. The van der Waals surface area contributed by atoms with Crippen molar-refractivity contribution >= 4 is 5.69 Å². The van der Waals surface area contributed by atoms with Crippen LogP contribution in [-0.2, 0) is 19.9 Å². The number of rotatable bonds is 9. The molecule has 1 heterocycles. The summed E-state index contributed by atoms with van der Waals surface area (Å²) in [6.07, 6.45) is 4.25. The Morgan fingerprint density at radius 1 is 1.35 bits per heavy atom. The van der Waals surface area contributed by atoms with Crippen molar-refractivity contribution in [3.05, 3.63) is 21.5 Å². The van der Waals surface area contributed by atoms with Gasteiger partial charge in [-0.15, -0.1) is 0 Å². The fraction of sp³-hybridized carbons (Fsp3) is 0.786. The third-order valence-corrected chi connectivity index (χ3v) is 3.45. The predicted molar refractivity (Wildman–Crippen MR) is 79.9 cm³/mol. The van der Waals surface area contributed by atoms with Crippen LogP contribution in [0.15, 0.2) is 0 Å². The van der Waals surface area contributed by atoms with Crippen molar-refractivity contribution in [3.63, 3.8) is 0 Å². The van der Waals surface area contributed by atoms with Crippen LogP contribution in [0.3, 0.4) is 0 Å². The highest BCUT2D eigenvalue weighted by Gasteiger charge is 2.27. The molecule has 0 saturated carbocycles. The summed E-state index contributed by atoms with van der Waals surface area (Å²) in [6, 6.07) is 0.272. The summed E-state index contributed by atoms with van der Waals surface area (Å²) in [5, 5.41) is 19.1. The van der Waals surface area contributed by atoms with Crippen molar-refractivity contribution in [1.82, 2.24) is 15.1 Å². The van der Waals surface area contributed by atoms with Gasteiger partial charge in [0.25, 0.3) is 0 Å². The molecule has 0 saturated heterocycles. The van der Waals surface area contributed by atoms with E-state index in [-0.39, 0.29) is 16.7 Å². The Hall–Kier alpha value is -1.43. The lowest BCUT2D eigenvalue weighted by Gasteiger charge is -2.16. The summed E-state index contributed by atoms with van der Waals surface area (Å²) in [4.78, 5) is 11.1. The summed E-state index contributed by atoms with van der Waals surface area (Å²) in [5.74, 6) is 0. The van der Waals surface area contributed by atoms with Crippen molar-refractivity contribution in [2.75, 3.05) is 6.54 Å². The van der Waals surface area contributed by atoms with E-state index in [1.165, 1.54) is 0 Å². The number of likely N-dealkylation sites (N-methyl/N-ethyl adjacent to an activating group) is 1. The van der Waals surface area contributed by atoms with E-state index in [0.717, 1.165) is 31.5 Å². The molecule has 0 spiro atoms. The van der Waals surface area contributed by atoms with Crippen LogP contribution in [-0.4, -0.2) is 27.3 Å². The third kappa shape index (κ3) is 4.03. The number of nitro groups is 1. The zero-order chi connectivity index (χ0) is 15.1. The SMILES string of the molecule is CCCc1nn(C)c(CC(CCC)NCC)c1[N+](=O)[O-]. The molecule has 0 radical (unpaired) electrons. The van der Waals surface area contributed by atoms with E-state index in [9.17, 15) is 10.1 Å². The maximum Gasteiger partial charge on any atom is 0.313 e. The van der Waals surface area contributed by atoms with E-state index in [1.807, 2.05) is 6.92 Å². The van der Waals surface area contributed by atoms with Crippen LogP contribution in [0.5, 0.6) is 0 Å². The standard InChI is InChI=1S/C14H26N4O2/c1-5-8-11(15-7-3)10-13-14(18(19)20)12(9-6-2)16-17(13)4/h11,15H,5-10H2,1-4H3. The molecule has 1 aromatic heterocycles. The van der Waals surface area contributed by atoms with Crippen molar-refractivity contribution in [2.45, 2.75) is 58.9 Å². The quantitative estimate of drug-likeness (QED) is 0.558. The topological polar surface area (TPSA) is 73.0 Å². The molecule has 6 heteroatoms. The van der Waals surface area contributed by atoms with E-state index in [4.69, 9.17) is 0 Å². The van der Waals surface area contributed by atoms with Crippen LogP contribution >= 0.6 is 0 Å². The molecule has 1 atom stereocenters. The Kier molecular flexibility index (Phi) is 6.64. The summed E-state index contributed by atoms with van der Waals surface area (Å²) in [5.41, 5.74) is 1.56. The predicted octanol–water partition coefficient (Wildman–Crippen LogP) is 2.60. The van der Waals surface area contributed by atoms with E-state index in [0.29, 0.717) is 18.5 Å². The Bertz CT molecular complexity index is 437. The van der Waals surface area contributed by atoms with Gasteiger partial charge in [0, 0.05) is 19.5 Å². The molecule has 0 aliphatic rings. The van der Waals surface area contributed by atoms with Crippen molar-refractivity contribution in [3.8, 4) is 0 Å². The average molecular weight is 282 g/mol. The zero-order valence-corrected chi connectivity index (χ0v) is 13.0.